The van der Waals surface area contributed by atoms with E-state index in [0.29, 0.717) is 5.75 Å². The number of phenolic OH excluding ortho intramolecular Hbond substituents is 1. The van der Waals surface area contributed by atoms with Gasteiger partial charge in [0, 0.05) is 29.3 Å². The van der Waals surface area contributed by atoms with Crippen LogP contribution in [0, 0.1) is 0 Å². The van der Waals surface area contributed by atoms with Gasteiger partial charge in [-0.1, -0.05) is 18.2 Å². The molecular formula is C17H17N3O+2. The number of hydrogen-bond donors (Lipinski definition) is 3. The molecule has 2 heterocycles. The number of nitrogens with one attached hydrogen (secondary N) is 2. The number of aromatic hydroxyl groups is 1. The van der Waals surface area contributed by atoms with Crippen molar-refractivity contribution in [1.29, 1.82) is 0 Å². The smallest absolute Gasteiger partial charge is 0.255 e. The fraction of sp³-hybridized carbons (Fsp3) is 0.118. The number of benzene rings is 2. The molecule has 1 aliphatic heterocycles. The van der Waals surface area contributed by atoms with Crippen LogP contribution in [-0.4, -0.2) is 11.7 Å². The Bertz CT molecular complexity index is 858. The van der Waals surface area contributed by atoms with Crippen molar-refractivity contribution in [2.24, 2.45) is 0 Å². The summed E-state index contributed by atoms with van der Waals surface area (Å²) in [5.74, 6) is 0.292. The minimum Gasteiger partial charge on any atom is -0.502 e. The van der Waals surface area contributed by atoms with Crippen LogP contribution < -0.4 is 16.0 Å². The number of pyridine rings is 1. The second kappa shape index (κ2) is 4.46. The molecule has 0 saturated heterocycles. The SMILES string of the molecule is [NH3+]CCc1cc(O)c2[nH+]ccc3c2c1Nc1ccccc1-3. The molecule has 0 spiro atoms. The molecule has 0 amide bonds. The summed E-state index contributed by atoms with van der Waals surface area (Å²) in [6, 6.07) is 12.2. The largest absolute Gasteiger partial charge is 0.502 e. The van der Waals surface area contributed by atoms with Gasteiger partial charge in [-0.2, -0.15) is 0 Å². The van der Waals surface area contributed by atoms with Crippen molar-refractivity contribution >= 4 is 22.3 Å². The molecule has 0 radical (unpaired) electrons. The van der Waals surface area contributed by atoms with Crippen molar-refractivity contribution in [2.45, 2.75) is 6.42 Å². The number of fused-ring (bicyclic) bond motifs is 2. The topological polar surface area (TPSA) is 74.0 Å². The van der Waals surface area contributed by atoms with Crippen LogP contribution >= 0.6 is 0 Å². The predicted octanol–water partition coefficient (Wildman–Crippen LogP) is 1.87. The van der Waals surface area contributed by atoms with E-state index >= 15 is 0 Å². The van der Waals surface area contributed by atoms with Crippen LogP contribution in [0.4, 0.5) is 11.4 Å². The van der Waals surface area contributed by atoms with Gasteiger partial charge in [-0.05, 0) is 17.7 Å². The number of para-hydroxylation sites is 1. The molecule has 0 fully saturated rings. The summed E-state index contributed by atoms with van der Waals surface area (Å²) >= 11 is 0. The zero-order chi connectivity index (χ0) is 14.4. The lowest BCUT2D eigenvalue weighted by Gasteiger charge is -2.22. The lowest BCUT2D eigenvalue weighted by Crippen LogP contribution is -2.51. The maximum Gasteiger partial charge on any atom is 0.255 e. The molecule has 4 nitrogen and oxygen atoms in total. The highest BCUT2D eigenvalue weighted by atomic mass is 16.3. The van der Waals surface area contributed by atoms with Gasteiger partial charge in [0.1, 0.15) is 0 Å². The normalized spacial score (nSPS) is 12.0. The number of phenols is 1. The average molecular weight is 279 g/mol. The van der Waals surface area contributed by atoms with E-state index in [1.54, 1.807) is 0 Å². The van der Waals surface area contributed by atoms with Crippen LogP contribution in [0.3, 0.4) is 0 Å². The van der Waals surface area contributed by atoms with E-state index in [1.807, 2.05) is 24.4 Å². The Morgan fingerprint density at radius 1 is 1.14 bits per heavy atom. The summed E-state index contributed by atoms with van der Waals surface area (Å²) in [6.45, 7) is 0.799. The summed E-state index contributed by atoms with van der Waals surface area (Å²) < 4.78 is 0. The van der Waals surface area contributed by atoms with Gasteiger partial charge in [-0.15, -0.1) is 0 Å². The van der Waals surface area contributed by atoms with Crippen molar-refractivity contribution < 1.29 is 15.8 Å². The van der Waals surface area contributed by atoms with Gasteiger partial charge in [-0.3, -0.25) is 0 Å². The fourth-order valence-electron chi connectivity index (χ4n) is 3.15. The van der Waals surface area contributed by atoms with Crippen LogP contribution in [0.25, 0.3) is 22.0 Å². The first-order valence-electron chi connectivity index (χ1n) is 7.14. The molecule has 0 unspecified atom stereocenters. The number of aromatic nitrogens is 1. The summed E-state index contributed by atoms with van der Waals surface area (Å²) in [6.07, 6.45) is 2.71. The first-order chi connectivity index (χ1) is 10.3. The second-order valence-corrected chi connectivity index (χ2v) is 5.35. The van der Waals surface area contributed by atoms with E-state index in [1.165, 1.54) is 0 Å². The number of anilines is 2. The summed E-state index contributed by atoms with van der Waals surface area (Å²) in [7, 11) is 0. The van der Waals surface area contributed by atoms with Crippen LogP contribution in [0.15, 0.2) is 42.6 Å². The number of H-pyrrole nitrogens is 1. The first-order valence-corrected chi connectivity index (χ1v) is 7.14. The summed E-state index contributed by atoms with van der Waals surface area (Å²) in [5, 5.41) is 14.9. The maximum absolute atomic E-state index is 10.3. The van der Waals surface area contributed by atoms with Crippen molar-refractivity contribution in [2.75, 3.05) is 11.9 Å². The number of aromatic amines is 1. The second-order valence-electron chi connectivity index (χ2n) is 5.35. The lowest BCUT2D eigenvalue weighted by molar-refractivity contribution is -0.366. The Labute approximate surface area is 122 Å². The lowest BCUT2D eigenvalue weighted by atomic mass is 9.92. The van der Waals surface area contributed by atoms with Gasteiger partial charge in [0.15, 0.2) is 11.9 Å². The Hall–Kier alpha value is -2.59. The molecule has 4 heteroatoms. The number of hydrogen-bond acceptors (Lipinski definition) is 2. The van der Waals surface area contributed by atoms with E-state index < -0.39 is 0 Å². The Kier molecular flexibility index (Phi) is 2.59. The molecule has 1 aromatic heterocycles. The standard InChI is InChI=1S/C17H15N3O/c18-7-5-10-9-14(21)17-15-12(6-8-19-17)11-3-1-2-4-13(11)20-16(10)15/h1-4,6,8-9,20-21H,5,7,18H2/p+2. The van der Waals surface area contributed by atoms with Gasteiger partial charge in [0.2, 0.25) is 0 Å². The minimum atomic E-state index is 0.292. The molecule has 1 aliphatic rings. The van der Waals surface area contributed by atoms with Gasteiger partial charge >= 0.3 is 0 Å². The molecular weight excluding hydrogens is 262 g/mol. The highest BCUT2D eigenvalue weighted by Gasteiger charge is 2.25. The quantitative estimate of drug-likeness (QED) is 0.490. The third kappa shape index (κ3) is 1.69. The zero-order valence-electron chi connectivity index (χ0n) is 11.6. The molecule has 0 saturated carbocycles. The molecule has 0 atom stereocenters. The zero-order valence-corrected chi connectivity index (χ0v) is 11.6. The van der Waals surface area contributed by atoms with Crippen LogP contribution in [0.5, 0.6) is 5.75 Å². The average Bonchev–Trinajstić information content (AvgIpc) is 2.52. The molecule has 2 aromatic carbocycles. The highest BCUT2D eigenvalue weighted by molar-refractivity contribution is 6.11. The van der Waals surface area contributed by atoms with Gasteiger partial charge in [0.25, 0.3) is 5.52 Å². The van der Waals surface area contributed by atoms with Gasteiger partial charge in [-0.25, -0.2) is 4.98 Å². The van der Waals surface area contributed by atoms with E-state index in [2.05, 4.69) is 34.2 Å². The monoisotopic (exact) mass is 279 g/mol. The minimum absolute atomic E-state index is 0.292. The van der Waals surface area contributed by atoms with Crippen molar-refractivity contribution in [1.82, 2.24) is 0 Å². The van der Waals surface area contributed by atoms with Crippen molar-refractivity contribution in [3.05, 3.63) is 48.2 Å². The molecule has 0 aliphatic carbocycles. The molecule has 104 valence electrons. The molecule has 21 heavy (non-hydrogen) atoms. The van der Waals surface area contributed by atoms with Gasteiger partial charge in [0.05, 0.1) is 17.6 Å². The number of quaternary nitrogens is 1. The maximum atomic E-state index is 10.3. The summed E-state index contributed by atoms with van der Waals surface area (Å²) in [5.41, 5.74) is 10.3. The Balaban J connectivity index is 2.14. The first kappa shape index (κ1) is 12.2. The molecule has 0 bridgehead atoms. The fourth-order valence-corrected chi connectivity index (χ4v) is 3.15. The van der Waals surface area contributed by atoms with E-state index in [-0.39, 0.29) is 0 Å². The summed E-state index contributed by atoms with van der Waals surface area (Å²) in [4.78, 5) is 3.16. The third-order valence-corrected chi connectivity index (χ3v) is 4.06. The van der Waals surface area contributed by atoms with Crippen molar-refractivity contribution in [3.63, 3.8) is 0 Å². The third-order valence-electron chi connectivity index (χ3n) is 4.06. The van der Waals surface area contributed by atoms with Gasteiger partial charge < -0.3 is 16.2 Å². The predicted molar refractivity (Wildman–Crippen MR) is 82.3 cm³/mol. The Morgan fingerprint density at radius 3 is 2.86 bits per heavy atom. The highest BCUT2D eigenvalue weighted by Crippen LogP contribution is 2.45. The van der Waals surface area contributed by atoms with E-state index in [4.69, 9.17) is 0 Å². The molecule has 4 rings (SSSR count). The van der Waals surface area contributed by atoms with Crippen LogP contribution in [-0.2, 0) is 6.42 Å². The van der Waals surface area contributed by atoms with Crippen molar-refractivity contribution in [3.8, 4) is 16.9 Å². The van der Waals surface area contributed by atoms with E-state index in [9.17, 15) is 5.11 Å². The van der Waals surface area contributed by atoms with Crippen LogP contribution in [0.1, 0.15) is 5.56 Å². The van der Waals surface area contributed by atoms with Crippen LogP contribution in [0.2, 0.25) is 0 Å². The Morgan fingerprint density at radius 2 is 2.00 bits per heavy atom. The molecule has 6 N–H and O–H groups in total. The molecule has 3 aromatic rings. The van der Waals surface area contributed by atoms with E-state index in [0.717, 1.165) is 51.9 Å². The number of rotatable bonds is 2.